The van der Waals surface area contributed by atoms with Gasteiger partial charge in [-0.05, 0) is 49.1 Å². The van der Waals surface area contributed by atoms with Crippen LogP contribution >= 0.6 is 11.8 Å². The Hall–Kier alpha value is -0.870. The Bertz CT molecular complexity index is 390. The predicted octanol–water partition coefficient (Wildman–Crippen LogP) is 3.25. The minimum atomic E-state index is 0.406. The van der Waals surface area contributed by atoms with Crippen LogP contribution in [0.25, 0.3) is 0 Å². The standard InChI is InChI=1S/C15H23NO2S/c1-3-7-16-13(6-10-19-2)12-4-5-14-15(11-12)18-9-8-17-14/h4-5,11,13,16H,3,6-10H2,1-2H3. The zero-order valence-electron chi connectivity index (χ0n) is 11.8. The summed E-state index contributed by atoms with van der Waals surface area (Å²) >= 11 is 1.89. The quantitative estimate of drug-likeness (QED) is 0.831. The Labute approximate surface area is 120 Å². The van der Waals surface area contributed by atoms with Gasteiger partial charge in [-0.3, -0.25) is 0 Å². The minimum Gasteiger partial charge on any atom is -0.486 e. The first-order valence-electron chi connectivity index (χ1n) is 6.97. The van der Waals surface area contributed by atoms with Gasteiger partial charge >= 0.3 is 0 Å². The van der Waals surface area contributed by atoms with E-state index in [4.69, 9.17) is 9.47 Å². The van der Waals surface area contributed by atoms with Crippen molar-refractivity contribution in [1.82, 2.24) is 5.32 Å². The summed E-state index contributed by atoms with van der Waals surface area (Å²) in [4.78, 5) is 0. The third kappa shape index (κ3) is 4.05. The number of hydrogen-bond donors (Lipinski definition) is 1. The molecule has 0 fully saturated rings. The SMILES string of the molecule is CCCNC(CCSC)c1ccc2c(c1)OCCO2. The summed E-state index contributed by atoms with van der Waals surface area (Å²) in [6, 6.07) is 6.72. The first-order valence-corrected chi connectivity index (χ1v) is 8.36. The molecular weight excluding hydrogens is 258 g/mol. The van der Waals surface area contributed by atoms with E-state index in [-0.39, 0.29) is 0 Å². The molecule has 1 unspecified atom stereocenters. The van der Waals surface area contributed by atoms with E-state index in [9.17, 15) is 0 Å². The number of fused-ring (bicyclic) bond motifs is 1. The summed E-state index contributed by atoms with van der Waals surface area (Å²) in [6.07, 6.45) is 4.45. The molecule has 4 heteroatoms. The van der Waals surface area contributed by atoms with Crippen molar-refractivity contribution in [2.24, 2.45) is 0 Å². The van der Waals surface area contributed by atoms with Crippen LogP contribution in [0.4, 0.5) is 0 Å². The molecule has 0 spiro atoms. The number of rotatable bonds is 7. The molecule has 0 aliphatic carbocycles. The fourth-order valence-corrected chi connectivity index (χ4v) is 2.69. The van der Waals surface area contributed by atoms with Crippen LogP contribution in [-0.2, 0) is 0 Å². The molecule has 1 heterocycles. The lowest BCUT2D eigenvalue weighted by atomic mass is 10.0. The normalized spacial score (nSPS) is 15.3. The van der Waals surface area contributed by atoms with E-state index in [1.54, 1.807) is 0 Å². The van der Waals surface area contributed by atoms with Gasteiger partial charge in [0.2, 0.25) is 0 Å². The van der Waals surface area contributed by atoms with E-state index < -0.39 is 0 Å². The average Bonchev–Trinajstić information content (AvgIpc) is 2.47. The number of benzene rings is 1. The molecule has 1 N–H and O–H groups in total. The highest BCUT2D eigenvalue weighted by atomic mass is 32.2. The molecule has 0 saturated carbocycles. The molecular formula is C15H23NO2S. The van der Waals surface area contributed by atoms with Gasteiger partial charge in [0, 0.05) is 6.04 Å². The van der Waals surface area contributed by atoms with Crippen LogP contribution in [0.2, 0.25) is 0 Å². The van der Waals surface area contributed by atoms with Crippen molar-refractivity contribution in [3.8, 4) is 11.5 Å². The maximum absolute atomic E-state index is 5.67. The molecule has 0 radical (unpaired) electrons. The van der Waals surface area contributed by atoms with Crippen LogP contribution in [0.15, 0.2) is 18.2 Å². The van der Waals surface area contributed by atoms with Gasteiger partial charge in [0.15, 0.2) is 11.5 Å². The van der Waals surface area contributed by atoms with Crippen LogP contribution in [0.5, 0.6) is 11.5 Å². The Morgan fingerprint density at radius 3 is 2.79 bits per heavy atom. The Balaban J connectivity index is 2.10. The highest BCUT2D eigenvalue weighted by Crippen LogP contribution is 2.33. The van der Waals surface area contributed by atoms with Crippen LogP contribution in [-0.4, -0.2) is 31.8 Å². The lowest BCUT2D eigenvalue weighted by Crippen LogP contribution is -2.23. The lowest BCUT2D eigenvalue weighted by Gasteiger charge is -2.23. The van der Waals surface area contributed by atoms with Crippen LogP contribution in [0.3, 0.4) is 0 Å². The molecule has 0 amide bonds. The topological polar surface area (TPSA) is 30.5 Å². The van der Waals surface area contributed by atoms with Gasteiger partial charge < -0.3 is 14.8 Å². The number of hydrogen-bond acceptors (Lipinski definition) is 4. The van der Waals surface area contributed by atoms with Crippen molar-refractivity contribution in [2.75, 3.05) is 31.8 Å². The molecule has 0 aromatic heterocycles. The van der Waals surface area contributed by atoms with Crippen LogP contribution in [0.1, 0.15) is 31.4 Å². The molecule has 1 aliphatic rings. The third-order valence-corrected chi connectivity index (χ3v) is 3.86. The van der Waals surface area contributed by atoms with Gasteiger partial charge in [-0.25, -0.2) is 0 Å². The van der Waals surface area contributed by atoms with E-state index in [0.717, 1.165) is 36.6 Å². The summed E-state index contributed by atoms with van der Waals surface area (Å²) in [7, 11) is 0. The van der Waals surface area contributed by atoms with Crippen LogP contribution in [0, 0.1) is 0 Å². The smallest absolute Gasteiger partial charge is 0.161 e. The molecule has 0 saturated heterocycles. The summed E-state index contributed by atoms with van der Waals surface area (Å²) < 4.78 is 11.2. The van der Waals surface area contributed by atoms with E-state index in [2.05, 4.69) is 30.6 Å². The van der Waals surface area contributed by atoms with Gasteiger partial charge in [-0.15, -0.1) is 0 Å². The van der Waals surface area contributed by atoms with Crippen molar-refractivity contribution in [3.63, 3.8) is 0 Å². The van der Waals surface area contributed by atoms with Crippen molar-refractivity contribution >= 4 is 11.8 Å². The van der Waals surface area contributed by atoms with Crippen LogP contribution < -0.4 is 14.8 Å². The average molecular weight is 281 g/mol. The number of thioether (sulfide) groups is 1. The summed E-state index contributed by atoms with van der Waals surface area (Å²) in [5.41, 5.74) is 1.30. The van der Waals surface area contributed by atoms with Gasteiger partial charge in [0.1, 0.15) is 13.2 Å². The Morgan fingerprint density at radius 2 is 2.05 bits per heavy atom. The largest absolute Gasteiger partial charge is 0.486 e. The molecule has 19 heavy (non-hydrogen) atoms. The van der Waals surface area contributed by atoms with Crippen molar-refractivity contribution in [2.45, 2.75) is 25.8 Å². The van der Waals surface area contributed by atoms with Crippen molar-refractivity contribution < 1.29 is 9.47 Å². The van der Waals surface area contributed by atoms with Crippen molar-refractivity contribution in [3.05, 3.63) is 23.8 Å². The van der Waals surface area contributed by atoms with Gasteiger partial charge in [0.05, 0.1) is 0 Å². The number of ether oxygens (including phenoxy) is 2. The van der Waals surface area contributed by atoms with Gasteiger partial charge in [0.25, 0.3) is 0 Å². The maximum Gasteiger partial charge on any atom is 0.161 e. The monoisotopic (exact) mass is 281 g/mol. The Morgan fingerprint density at radius 1 is 1.26 bits per heavy atom. The molecule has 1 aromatic carbocycles. The summed E-state index contributed by atoms with van der Waals surface area (Å²) in [6.45, 7) is 4.54. The summed E-state index contributed by atoms with van der Waals surface area (Å²) in [5, 5.41) is 3.62. The molecule has 106 valence electrons. The first-order chi connectivity index (χ1) is 9.35. The third-order valence-electron chi connectivity index (χ3n) is 3.22. The van der Waals surface area contributed by atoms with E-state index in [0.29, 0.717) is 19.3 Å². The molecule has 2 rings (SSSR count). The van der Waals surface area contributed by atoms with E-state index in [1.165, 1.54) is 5.56 Å². The number of nitrogens with one attached hydrogen (secondary N) is 1. The second-order valence-electron chi connectivity index (χ2n) is 4.69. The molecule has 3 nitrogen and oxygen atoms in total. The highest BCUT2D eigenvalue weighted by Gasteiger charge is 2.16. The van der Waals surface area contributed by atoms with E-state index in [1.807, 2.05) is 17.8 Å². The molecule has 1 aromatic rings. The highest BCUT2D eigenvalue weighted by molar-refractivity contribution is 7.98. The summed E-state index contributed by atoms with van der Waals surface area (Å²) in [5.74, 6) is 2.92. The van der Waals surface area contributed by atoms with Gasteiger partial charge in [-0.2, -0.15) is 11.8 Å². The fraction of sp³-hybridized carbons (Fsp3) is 0.600. The molecule has 1 atom stereocenters. The van der Waals surface area contributed by atoms with Gasteiger partial charge in [-0.1, -0.05) is 13.0 Å². The maximum atomic E-state index is 5.67. The lowest BCUT2D eigenvalue weighted by molar-refractivity contribution is 0.171. The minimum absolute atomic E-state index is 0.406. The second kappa shape index (κ2) is 7.65. The Kier molecular flexibility index (Phi) is 5.86. The fourth-order valence-electron chi connectivity index (χ4n) is 2.22. The molecule has 1 aliphatic heterocycles. The second-order valence-corrected chi connectivity index (χ2v) is 5.68. The molecule has 0 bridgehead atoms. The first kappa shape index (κ1) is 14.5. The predicted molar refractivity (Wildman–Crippen MR) is 81.5 cm³/mol. The van der Waals surface area contributed by atoms with E-state index >= 15 is 0 Å². The zero-order valence-corrected chi connectivity index (χ0v) is 12.6. The van der Waals surface area contributed by atoms with Crippen molar-refractivity contribution in [1.29, 1.82) is 0 Å². The zero-order chi connectivity index (χ0) is 13.5.